The van der Waals surface area contributed by atoms with Crippen LogP contribution in [0.15, 0.2) is 41.8 Å². The lowest BCUT2D eigenvalue weighted by Crippen LogP contribution is -2.86. The van der Waals surface area contributed by atoms with Crippen LogP contribution in [0.3, 0.4) is 0 Å². The van der Waals surface area contributed by atoms with E-state index in [0.717, 1.165) is 6.54 Å². The number of quaternary nitrogens is 1. The van der Waals surface area contributed by atoms with Crippen LogP contribution in [-0.4, -0.2) is 0 Å². The molecule has 1 aromatic heterocycles. The van der Waals surface area contributed by atoms with E-state index in [1.54, 1.807) is 0 Å². The molecule has 0 amide bonds. The molecular formula is C12H13N2S+. The summed E-state index contributed by atoms with van der Waals surface area (Å²) >= 11 is 1.81. The van der Waals surface area contributed by atoms with Gasteiger partial charge in [0.25, 0.3) is 0 Å². The summed E-state index contributed by atoms with van der Waals surface area (Å²) in [6.07, 6.45) is 0.389. The van der Waals surface area contributed by atoms with Gasteiger partial charge in [0.2, 0.25) is 0 Å². The number of anilines is 1. The van der Waals surface area contributed by atoms with Crippen LogP contribution in [0.2, 0.25) is 0 Å². The van der Waals surface area contributed by atoms with Gasteiger partial charge in [-0.3, -0.25) is 0 Å². The van der Waals surface area contributed by atoms with Gasteiger partial charge >= 0.3 is 0 Å². The van der Waals surface area contributed by atoms with Crippen molar-refractivity contribution < 1.29 is 5.32 Å². The van der Waals surface area contributed by atoms with Crippen LogP contribution in [0.1, 0.15) is 16.6 Å². The average Bonchev–Trinajstić information content (AvgIpc) is 2.82. The highest BCUT2D eigenvalue weighted by molar-refractivity contribution is 7.10. The zero-order valence-electron chi connectivity index (χ0n) is 8.31. The minimum atomic E-state index is 0.389. The van der Waals surface area contributed by atoms with Gasteiger partial charge in [0, 0.05) is 11.3 Å². The van der Waals surface area contributed by atoms with Crippen molar-refractivity contribution in [3.63, 3.8) is 0 Å². The molecular weight excluding hydrogens is 204 g/mol. The van der Waals surface area contributed by atoms with Crippen molar-refractivity contribution >= 4 is 17.0 Å². The number of benzene rings is 1. The zero-order chi connectivity index (χ0) is 10.1. The molecule has 3 heteroatoms. The van der Waals surface area contributed by atoms with Gasteiger partial charge in [-0.1, -0.05) is 24.3 Å². The Morgan fingerprint density at radius 2 is 2.13 bits per heavy atom. The first-order valence-electron chi connectivity index (χ1n) is 5.15. The number of para-hydroxylation sites is 1. The molecule has 3 N–H and O–H groups in total. The van der Waals surface area contributed by atoms with Crippen molar-refractivity contribution in [2.45, 2.75) is 12.7 Å². The maximum atomic E-state index is 3.55. The molecule has 1 aliphatic rings. The first kappa shape index (κ1) is 8.95. The van der Waals surface area contributed by atoms with Gasteiger partial charge in [-0.05, 0) is 17.5 Å². The van der Waals surface area contributed by atoms with E-state index in [1.807, 2.05) is 11.3 Å². The van der Waals surface area contributed by atoms with Gasteiger partial charge in [-0.15, -0.1) is 11.3 Å². The van der Waals surface area contributed by atoms with Crippen molar-refractivity contribution in [1.82, 2.24) is 0 Å². The molecule has 0 aliphatic carbocycles. The van der Waals surface area contributed by atoms with E-state index in [9.17, 15) is 0 Å². The fourth-order valence-corrected chi connectivity index (χ4v) is 2.74. The van der Waals surface area contributed by atoms with E-state index in [4.69, 9.17) is 0 Å². The Labute approximate surface area is 93.0 Å². The third kappa shape index (κ3) is 1.64. The smallest absolute Gasteiger partial charge is 0.195 e. The van der Waals surface area contributed by atoms with Crippen molar-refractivity contribution in [2.75, 3.05) is 5.32 Å². The fourth-order valence-electron chi connectivity index (χ4n) is 1.97. The minimum Gasteiger partial charge on any atom is -0.331 e. The zero-order valence-corrected chi connectivity index (χ0v) is 9.13. The lowest BCUT2D eigenvalue weighted by atomic mass is 10.1. The largest absolute Gasteiger partial charge is 0.331 e. The van der Waals surface area contributed by atoms with Crippen LogP contribution < -0.4 is 10.6 Å². The molecule has 1 atom stereocenters. The van der Waals surface area contributed by atoms with E-state index in [1.165, 1.54) is 16.1 Å². The minimum absolute atomic E-state index is 0.389. The molecule has 0 fully saturated rings. The van der Waals surface area contributed by atoms with E-state index in [0.29, 0.717) is 6.17 Å². The Balaban J connectivity index is 1.89. The second kappa shape index (κ2) is 3.68. The molecule has 0 bridgehead atoms. The Kier molecular flexibility index (Phi) is 2.19. The van der Waals surface area contributed by atoms with Gasteiger partial charge in [0.15, 0.2) is 6.17 Å². The molecule has 2 nitrogen and oxygen atoms in total. The highest BCUT2D eigenvalue weighted by Crippen LogP contribution is 2.24. The summed E-state index contributed by atoms with van der Waals surface area (Å²) in [6, 6.07) is 12.8. The molecule has 3 rings (SSSR count). The number of rotatable bonds is 1. The van der Waals surface area contributed by atoms with Gasteiger partial charge < -0.3 is 10.6 Å². The molecule has 1 aliphatic heterocycles. The summed E-state index contributed by atoms with van der Waals surface area (Å²) in [5, 5.41) is 8.03. The molecule has 0 unspecified atom stereocenters. The van der Waals surface area contributed by atoms with Crippen LogP contribution in [0.4, 0.5) is 5.69 Å². The van der Waals surface area contributed by atoms with E-state index in [-0.39, 0.29) is 0 Å². The van der Waals surface area contributed by atoms with Gasteiger partial charge in [0.1, 0.15) is 6.54 Å². The monoisotopic (exact) mass is 217 g/mol. The first-order valence-corrected chi connectivity index (χ1v) is 6.02. The van der Waals surface area contributed by atoms with Gasteiger partial charge in [-0.2, -0.15) is 0 Å². The first-order chi connectivity index (χ1) is 7.43. The van der Waals surface area contributed by atoms with E-state index >= 15 is 0 Å². The number of fused-ring (bicyclic) bond motifs is 1. The van der Waals surface area contributed by atoms with Crippen LogP contribution in [0.25, 0.3) is 0 Å². The lowest BCUT2D eigenvalue weighted by molar-refractivity contribution is -0.707. The lowest BCUT2D eigenvalue weighted by Gasteiger charge is -2.24. The van der Waals surface area contributed by atoms with Gasteiger partial charge in [0.05, 0.1) is 4.88 Å². The molecule has 15 heavy (non-hydrogen) atoms. The van der Waals surface area contributed by atoms with Gasteiger partial charge in [-0.25, -0.2) is 0 Å². The third-order valence-corrected chi connectivity index (χ3v) is 3.71. The molecule has 1 aromatic carbocycles. The highest BCUT2D eigenvalue weighted by atomic mass is 32.1. The topological polar surface area (TPSA) is 28.6 Å². The van der Waals surface area contributed by atoms with Crippen LogP contribution in [-0.2, 0) is 6.54 Å². The van der Waals surface area contributed by atoms with E-state index in [2.05, 4.69) is 52.4 Å². The molecule has 0 saturated carbocycles. The van der Waals surface area contributed by atoms with Crippen molar-refractivity contribution in [3.8, 4) is 0 Å². The molecule has 0 spiro atoms. The molecule has 0 saturated heterocycles. The number of hydrogen-bond acceptors (Lipinski definition) is 2. The summed E-state index contributed by atoms with van der Waals surface area (Å²) in [7, 11) is 0. The SMILES string of the molecule is c1csc([C@@H]2Nc3ccccc3C[NH2+]2)c1. The summed E-state index contributed by atoms with van der Waals surface area (Å²) < 4.78 is 0. The van der Waals surface area contributed by atoms with Crippen LogP contribution >= 0.6 is 11.3 Å². The summed E-state index contributed by atoms with van der Waals surface area (Å²) in [6.45, 7) is 1.06. The average molecular weight is 217 g/mol. The maximum absolute atomic E-state index is 3.55. The predicted molar refractivity (Wildman–Crippen MR) is 62.8 cm³/mol. The maximum Gasteiger partial charge on any atom is 0.195 e. The fraction of sp³-hybridized carbons (Fsp3) is 0.167. The van der Waals surface area contributed by atoms with Crippen molar-refractivity contribution in [1.29, 1.82) is 0 Å². The number of nitrogens with two attached hydrogens (primary N) is 1. The van der Waals surface area contributed by atoms with Crippen molar-refractivity contribution in [2.24, 2.45) is 0 Å². The number of hydrogen-bond donors (Lipinski definition) is 2. The Hall–Kier alpha value is -1.32. The standard InChI is InChI=1S/C12H12N2S/c1-2-5-10-9(4-1)8-13-12(14-10)11-6-3-7-15-11/h1-7,12-14H,8H2/p+1/t12-/m0/s1. The normalized spacial score (nSPS) is 19.3. The quantitative estimate of drug-likeness (QED) is 0.751. The molecule has 2 aromatic rings. The molecule has 76 valence electrons. The Bertz CT molecular complexity index is 450. The van der Waals surface area contributed by atoms with Crippen LogP contribution in [0, 0.1) is 0 Å². The van der Waals surface area contributed by atoms with Crippen LogP contribution in [0.5, 0.6) is 0 Å². The molecule has 0 radical (unpaired) electrons. The number of nitrogens with one attached hydrogen (secondary N) is 1. The van der Waals surface area contributed by atoms with Crippen molar-refractivity contribution in [3.05, 3.63) is 52.2 Å². The molecule has 2 heterocycles. The summed E-state index contributed by atoms with van der Waals surface area (Å²) in [5.41, 5.74) is 2.67. The second-order valence-electron chi connectivity index (χ2n) is 3.73. The predicted octanol–water partition coefficient (Wildman–Crippen LogP) is 1.94. The highest BCUT2D eigenvalue weighted by Gasteiger charge is 2.21. The Morgan fingerprint density at radius 3 is 3.00 bits per heavy atom. The number of thiophene rings is 1. The second-order valence-corrected chi connectivity index (χ2v) is 4.71. The summed E-state index contributed by atoms with van der Waals surface area (Å²) in [4.78, 5) is 1.39. The third-order valence-electron chi connectivity index (χ3n) is 2.75. The Morgan fingerprint density at radius 1 is 1.20 bits per heavy atom. The summed E-state index contributed by atoms with van der Waals surface area (Å²) in [5.74, 6) is 0. The van der Waals surface area contributed by atoms with E-state index < -0.39 is 0 Å².